The average Bonchev–Trinajstić information content (AvgIpc) is 3.46. The Kier molecular flexibility index (Phi) is 3.33. The van der Waals surface area contributed by atoms with Crippen molar-refractivity contribution in [1.82, 2.24) is 24.7 Å². The lowest BCUT2D eigenvalue weighted by Gasteiger charge is -2.35. The lowest BCUT2D eigenvalue weighted by Crippen LogP contribution is -2.52. The third-order valence-electron chi connectivity index (χ3n) is 5.61. The Hall–Kier alpha value is -2.91. The van der Waals surface area contributed by atoms with Gasteiger partial charge in [-0.25, -0.2) is 9.98 Å². The van der Waals surface area contributed by atoms with Gasteiger partial charge in [0.25, 0.3) is 0 Å². The van der Waals surface area contributed by atoms with Gasteiger partial charge in [0.05, 0.1) is 29.9 Å². The van der Waals surface area contributed by atoms with Crippen molar-refractivity contribution in [3.8, 4) is 5.69 Å². The zero-order valence-electron chi connectivity index (χ0n) is 15.1. The molecule has 3 aliphatic rings. The molecule has 6 rings (SSSR count). The molecule has 0 radical (unpaired) electrons. The van der Waals surface area contributed by atoms with E-state index in [-0.39, 0.29) is 12.0 Å². The van der Waals surface area contributed by atoms with Crippen LogP contribution in [-0.4, -0.2) is 49.9 Å². The highest BCUT2D eigenvalue weighted by atomic mass is 35.5. The van der Waals surface area contributed by atoms with E-state index in [0.29, 0.717) is 12.0 Å². The summed E-state index contributed by atoms with van der Waals surface area (Å²) < 4.78 is 7.68. The van der Waals surface area contributed by atoms with Crippen LogP contribution in [0.1, 0.15) is 30.5 Å². The standard InChI is InChI=1S/C18H17ClN8O/c1-11-12(6-7-28-11)15-8-22-23-27(15)24-10-21-17-13-4-2-3-5-14(13)25-16(26(17)24)9-20-18(25)19/h2-5,8-9,11-12H,6-7,10H2,1H3. The number of ether oxygens (including phenoxy) is 1. The molecule has 2 aromatic heterocycles. The molecule has 0 aliphatic carbocycles. The van der Waals surface area contributed by atoms with Crippen LogP contribution in [0.2, 0.25) is 5.28 Å². The minimum Gasteiger partial charge on any atom is -0.378 e. The topological polar surface area (TPSA) is 76.6 Å². The van der Waals surface area contributed by atoms with Gasteiger partial charge in [-0.05, 0) is 42.3 Å². The van der Waals surface area contributed by atoms with E-state index in [0.717, 1.165) is 41.6 Å². The van der Waals surface area contributed by atoms with Gasteiger partial charge in [0.15, 0.2) is 18.3 Å². The number of fused-ring (bicyclic) bond motifs is 6. The van der Waals surface area contributed by atoms with Crippen LogP contribution in [0.4, 0.5) is 5.82 Å². The summed E-state index contributed by atoms with van der Waals surface area (Å²) in [5, 5.41) is 12.9. The van der Waals surface area contributed by atoms with E-state index >= 15 is 0 Å². The molecule has 1 saturated heterocycles. The van der Waals surface area contributed by atoms with Crippen molar-refractivity contribution >= 4 is 23.3 Å². The fourth-order valence-corrected chi connectivity index (χ4v) is 4.50. The number of hydrazine groups is 1. The molecule has 10 heteroatoms. The summed E-state index contributed by atoms with van der Waals surface area (Å²) in [6, 6.07) is 8.04. The monoisotopic (exact) mass is 396 g/mol. The molecular formula is C18H17ClN8O. The number of halogens is 1. The van der Waals surface area contributed by atoms with Crippen molar-refractivity contribution in [2.45, 2.75) is 25.4 Å². The Morgan fingerprint density at radius 3 is 2.96 bits per heavy atom. The maximum absolute atomic E-state index is 6.42. The number of hydrogen-bond donors (Lipinski definition) is 0. The summed E-state index contributed by atoms with van der Waals surface area (Å²) in [6.45, 7) is 3.26. The molecule has 142 valence electrons. The smallest absolute Gasteiger partial charge is 0.209 e. The first-order valence-corrected chi connectivity index (χ1v) is 9.59. The Morgan fingerprint density at radius 1 is 1.21 bits per heavy atom. The zero-order chi connectivity index (χ0) is 18.8. The van der Waals surface area contributed by atoms with Crippen LogP contribution >= 0.6 is 11.6 Å². The Morgan fingerprint density at radius 2 is 2.11 bits per heavy atom. The third-order valence-corrected chi connectivity index (χ3v) is 5.88. The van der Waals surface area contributed by atoms with Gasteiger partial charge in [-0.15, -0.1) is 9.89 Å². The maximum atomic E-state index is 6.42. The molecule has 2 unspecified atom stereocenters. The molecule has 28 heavy (non-hydrogen) atoms. The highest BCUT2D eigenvalue weighted by Gasteiger charge is 2.40. The normalized spacial score (nSPS) is 22.9. The molecule has 2 atom stereocenters. The molecule has 9 nitrogen and oxygen atoms in total. The second-order valence-corrected chi connectivity index (χ2v) is 7.40. The van der Waals surface area contributed by atoms with Gasteiger partial charge in [0.1, 0.15) is 0 Å². The van der Waals surface area contributed by atoms with Crippen molar-refractivity contribution in [3.63, 3.8) is 0 Å². The molecule has 3 aliphatic heterocycles. The minimum atomic E-state index is 0.127. The van der Waals surface area contributed by atoms with Gasteiger partial charge < -0.3 is 4.74 Å². The first-order chi connectivity index (χ1) is 13.7. The van der Waals surface area contributed by atoms with Gasteiger partial charge in [-0.3, -0.25) is 4.57 Å². The SMILES string of the molecule is CC1OCCC1c1cnnn1N1CN=C2c3ccccc3-n3c(cnc3Cl)N21. The van der Waals surface area contributed by atoms with Crippen LogP contribution in [0.3, 0.4) is 0 Å². The van der Waals surface area contributed by atoms with Crippen LogP contribution in [0.25, 0.3) is 5.69 Å². The molecule has 1 aromatic carbocycles. The van der Waals surface area contributed by atoms with E-state index < -0.39 is 0 Å². The Balaban J connectivity index is 1.49. The number of rotatable bonds is 2. The fraction of sp³-hybridized carbons (Fsp3) is 0.333. The maximum Gasteiger partial charge on any atom is 0.209 e. The van der Waals surface area contributed by atoms with Crippen molar-refractivity contribution in [3.05, 3.63) is 53.2 Å². The quantitative estimate of drug-likeness (QED) is 0.660. The average molecular weight is 397 g/mol. The molecular weight excluding hydrogens is 380 g/mol. The molecule has 0 bridgehead atoms. The Bertz CT molecular complexity index is 1100. The number of aliphatic imine (C=N–C) groups is 1. The van der Waals surface area contributed by atoms with Gasteiger partial charge in [0, 0.05) is 18.1 Å². The molecule has 1 fully saturated rings. The van der Waals surface area contributed by atoms with E-state index in [2.05, 4.69) is 22.2 Å². The number of imidazole rings is 1. The second kappa shape index (κ2) is 5.79. The summed E-state index contributed by atoms with van der Waals surface area (Å²) in [5.74, 6) is 1.90. The molecule has 3 aromatic rings. The minimum absolute atomic E-state index is 0.127. The van der Waals surface area contributed by atoms with E-state index in [9.17, 15) is 0 Å². The number of para-hydroxylation sites is 1. The van der Waals surface area contributed by atoms with Crippen LogP contribution in [0, 0.1) is 0 Å². The van der Waals surface area contributed by atoms with Crippen LogP contribution in [0.15, 0.2) is 41.7 Å². The fourth-order valence-electron chi connectivity index (χ4n) is 4.27. The first-order valence-electron chi connectivity index (χ1n) is 9.21. The predicted molar refractivity (Wildman–Crippen MR) is 103 cm³/mol. The highest BCUT2D eigenvalue weighted by Crippen LogP contribution is 2.37. The number of benzene rings is 1. The molecule has 0 saturated carbocycles. The van der Waals surface area contributed by atoms with Gasteiger partial charge in [-0.2, -0.15) is 10.1 Å². The van der Waals surface area contributed by atoms with E-state index in [1.807, 2.05) is 49.9 Å². The summed E-state index contributed by atoms with van der Waals surface area (Å²) in [4.78, 5) is 10.9. The number of nitrogens with zero attached hydrogens (tertiary/aromatic N) is 8. The second-order valence-electron chi connectivity index (χ2n) is 7.06. The zero-order valence-corrected chi connectivity index (χ0v) is 15.9. The summed E-state index contributed by atoms with van der Waals surface area (Å²) in [6.07, 6.45) is 4.64. The van der Waals surface area contributed by atoms with Crippen LogP contribution < -0.4 is 10.1 Å². The number of amidine groups is 1. The molecule has 0 N–H and O–H groups in total. The van der Waals surface area contributed by atoms with Crippen LogP contribution in [0.5, 0.6) is 0 Å². The first kappa shape index (κ1) is 16.1. The molecule has 0 amide bonds. The van der Waals surface area contributed by atoms with Crippen LogP contribution in [-0.2, 0) is 4.74 Å². The van der Waals surface area contributed by atoms with Gasteiger partial charge in [-0.1, -0.05) is 12.1 Å². The van der Waals surface area contributed by atoms with Crippen molar-refractivity contribution < 1.29 is 4.74 Å². The van der Waals surface area contributed by atoms with E-state index in [1.54, 1.807) is 6.20 Å². The number of hydrogen-bond acceptors (Lipinski definition) is 7. The van der Waals surface area contributed by atoms with Crippen molar-refractivity contribution in [2.75, 3.05) is 23.4 Å². The van der Waals surface area contributed by atoms with Crippen molar-refractivity contribution in [1.29, 1.82) is 0 Å². The largest absolute Gasteiger partial charge is 0.378 e. The van der Waals surface area contributed by atoms with Gasteiger partial charge >= 0.3 is 0 Å². The Labute approximate surface area is 165 Å². The molecule has 5 heterocycles. The summed E-state index contributed by atoms with van der Waals surface area (Å²) >= 11 is 6.42. The third kappa shape index (κ3) is 2.05. The van der Waals surface area contributed by atoms with E-state index in [1.165, 1.54) is 0 Å². The van der Waals surface area contributed by atoms with Crippen molar-refractivity contribution in [2.24, 2.45) is 4.99 Å². The van der Waals surface area contributed by atoms with Gasteiger partial charge in [0.2, 0.25) is 5.28 Å². The summed E-state index contributed by atoms with van der Waals surface area (Å²) in [7, 11) is 0. The lowest BCUT2D eigenvalue weighted by molar-refractivity contribution is 0.117. The predicted octanol–water partition coefficient (Wildman–Crippen LogP) is 2.10. The lowest BCUT2D eigenvalue weighted by atomic mass is 10.00. The number of aromatic nitrogens is 5. The number of anilines is 1. The summed E-state index contributed by atoms with van der Waals surface area (Å²) in [5.41, 5.74) is 2.97. The molecule has 0 spiro atoms. The van der Waals surface area contributed by atoms with E-state index in [4.69, 9.17) is 21.3 Å². The highest BCUT2D eigenvalue weighted by molar-refractivity contribution is 6.29.